The van der Waals surface area contributed by atoms with Gasteiger partial charge in [0.2, 0.25) is 0 Å². The fourth-order valence-electron chi connectivity index (χ4n) is 2.47. The summed E-state index contributed by atoms with van der Waals surface area (Å²) in [6, 6.07) is 2.04. The first kappa shape index (κ1) is 13.9. The van der Waals surface area contributed by atoms with Crippen molar-refractivity contribution < 1.29 is 5.21 Å². The number of nitrogens with zero attached hydrogens (tertiary/aromatic N) is 3. The summed E-state index contributed by atoms with van der Waals surface area (Å²) in [5, 5.41) is 12.2. The lowest BCUT2D eigenvalue weighted by Crippen LogP contribution is -2.41. The summed E-state index contributed by atoms with van der Waals surface area (Å²) in [6.07, 6.45) is 3.97. The third kappa shape index (κ3) is 2.76. The van der Waals surface area contributed by atoms with Crippen LogP contribution in [-0.4, -0.2) is 28.6 Å². The number of hydrogen-bond donors (Lipinski definition) is 2. The molecule has 1 aromatic heterocycles. The second-order valence-electron chi connectivity index (χ2n) is 5.17. The van der Waals surface area contributed by atoms with E-state index in [1.807, 2.05) is 0 Å². The molecule has 5 nitrogen and oxygen atoms in total. The van der Waals surface area contributed by atoms with Crippen LogP contribution in [0.3, 0.4) is 0 Å². The highest BCUT2D eigenvalue weighted by molar-refractivity contribution is 6.36. The van der Waals surface area contributed by atoms with Crippen LogP contribution in [0.15, 0.2) is 17.4 Å². The summed E-state index contributed by atoms with van der Waals surface area (Å²) < 4.78 is 0. The largest absolute Gasteiger partial charge is 0.409 e. The molecular formula is C13H19ClN4O. The monoisotopic (exact) mass is 282 g/mol. The lowest BCUT2D eigenvalue weighted by molar-refractivity contribution is 0.318. The van der Waals surface area contributed by atoms with Crippen molar-refractivity contribution in [1.29, 1.82) is 0 Å². The number of hydrogen-bond acceptors (Lipinski definition) is 4. The van der Waals surface area contributed by atoms with Gasteiger partial charge < -0.3 is 15.8 Å². The number of nitrogens with two attached hydrogens (primary N) is 1. The molecule has 0 radical (unpaired) electrons. The molecular weight excluding hydrogens is 264 g/mol. The Morgan fingerprint density at radius 3 is 2.95 bits per heavy atom. The molecule has 2 rings (SSSR count). The van der Waals surface area contributed by atoms with Crippen molar-refractivity contribution in [3.8, 4) is 0 Å². The van der Waals surface area contributed by atoms with Crippen molar-refractivity contribution in [3.05, 3.63) is 22.8 Å². The molecule has 6 heteroatoms. The number of oxime groups is 1. The minimum absolute atomic E-state index is 0.00589. The quantitative estimate of drug-likeness (QED) is 0.378. The molecule has 2 atom stereocenters. The summed E-state index contributed by atoms with van der Waals surface area (Å²) >= 11 is 6.35. The van der Waals surface area contributed by atoms with Gasteiger partial charge in [-0.25, -0.2) is 4.98 Å². The molecule has 1 aliphatic heterocycles. The van der Waals surface area contributed by atoms with Gasteiger partial charge >= 0.3 is 0 Å². The van der Waals surface area contributed by atoms with E-state index in [1.165, 1.54) is 6.42 Å². The van der Waals surface area contributed by atoms with E-state index in [9.17, 15) is 0 Å². The summed E-state index contributed by atoms with van der Waals surface area (Å²) in [5.74, 6) is 1.33. The van der Waals surface area contributed by atoms with Crippen LogP contribution in [0.2, 0.25) is 5.02 Å². The van der Waals surface area contributed by atoms with Crippen molar-refractivity contribution in [3.63, 3.8) is 0 Å². The standard InChI is InChI=1S/C13H19ClN4O/c1-8-3-4-9(2)18(7-8)13-11(14)10(5-6-16-13)12(15)17-19/h5-6,8-9,19H,3-4,7H2,1-2H3,(H2,15,17). The number of pyridine rings is 1. The van der Waals surface area contributed by atoms with Gasteiger partial charge in [0, 0.05) is 24.3 Å². The van der Waals surface area contributed by atoms with Crippen molar-refractivity contribution in [2.24, 2.45) is 16.8 Å². The van der Waals surface area contributed by atoms with E-state index in [2.05, 4.69) is 28.9 Å². The minimum atomic E-state index is 0.00589. The zero-order chi connectivity index (χ0) is 14.0. The molecule has 1 aromatic rings. The third-order valence-corrected chi connectivity index (χ3v) is 4.02. The number of piperidine rings is 1. The van der Waals surface area contributed by atoms with Crippen molar-refractivity contribution in [2.45, 2.75) is 32.7 Å². The number of halogens is 1. The van der Waals surface area contributed by atoms with Crippen molar-refractivity contribution in [2.75, 3.05) is 11.4 Å². The fourth-order valence-corrected chi connectivity index (χ4v) is 2.79. The molecule has 19 heavy (non-hydrogen) atoms. The van der Waals surface area contributed by atoms with E-state index in [1.54, 1.807) is 12.3 Å². The molecule has 0 saturated carbocycles. The van der Waals surface area contributed by atoms with Gasteiger partial charge in [-0.2, -0.15) is 0 Å². The van der Waals surface area contributed by atoms with Crippen molar-refractivity contribution >= 4 is 23.3 Å². The van der Waals surface area contributed by atoms with Gasteiger partial charge in [0.25, 0.3) is 0 Å². The maximum atomic E-state index is 8.78. The van der Waals surface area contributed by atoms with Crippen molar-refractivity contribution in [1.82, 2.24) is 4.98 Å². The van der Waals surface area contributed by atoms with E-state index in [-0.39, 0.29) is 5.84 Å². The molecule has 1 saturated heterocycles. The molecule has 2 heterocycles. The first-order valence-electron chi connectivity index (χ1n) is 6.43. The first-order valence-corrected chi connectivity index (χ1v) is 6.81. The molecule has 3 N–H and O–H groups in total. The lowest BCUT2D eigenvalue weighted by atomic mass is 9.95. The highest BCUT2D eigenvalue weighted by Gasteiger charge is 2.26. The van der Waals surface area contributed by atoms with Crippen LogP contribution in [0.5, 0.6) is 0 Å². The predicted octanol–water partition coefficient (Wildman–Crippen LogP) is 2.45. The summed E-state index contributed by atoms with van der Waals surface area (Å²) in [5.41, 5.74) is 6.14. The Labute approximate surface area is 118 Å². The topological polar surface area (TPSA) is 74.7 Å². The summed E-state index contributed by atoms with van der Waals surface area (Å²) in [4.78, 5) is 6.57. The zero-order valence-electron chi connectivity index (χ0n) is 11.2. The van der Waals surface area contributed by atoms with E-state index in [4.69, 9.17) is 22.5 Å². The Balaban J connectivity index is 2.39. The van der Waals surface area contributed by atoms with E-state index in [0.717, 1.165) is 13.0 Å². The Bertz CT molecular complexity index is 492. The maximum absolute atomic E-state index is 8.78. The van der Waals surface area contributed by atoms with Crippen LogP contribution in [0, 0.1) is 5.92 Å². The Morgan fingerprint density at radius 1 is 1.53 bits per heavy atom. The molecule has 0 bridgehead atoms. The van der Waals surface area contributed by atoms with Gasteiger partial charge in [-0.1, -0.05) is 23.7 Å². The zero-order valence-corrected chi connectivity index (χ0v) is 11.9. The molecule has 104 valence electrons. The number of anilines is 1. The van der Waals surface area contributed by atoms with Gasteiger partial charge in [0.15, 0.2) is 5.84 Å². The van der Waals surface area contributed by atoms with Crippen LogP contribution in [-0.2, 0) is 0 Å². The van der Waals surface area contributed by atoms with Gasteiger partial charge in [0.05, 0.1) is 5.02 Å². The molecule has 0 aromatic carbocycles. The molecule has 0 spiro atoms. The smallest absolute Gasteiger partial charge is 0.171 e. The second-order valence-corrected chi connectivity index (χ2v) is 5.54. The summed E-state index contributed by atoms with van der Waals surface area (Å²) in [6.45, 7) is 5.31. The van der Waals surface area contributed by atoms with Crippen LogP contribution in [0.1, 0.15) is 32.3 Å². The molecule has 0 amide bonds. The Morgan fingerprint density at radius 2 is 2.26 bits per heavy atom. The normalized spacial score (nSPS) is 24.6. The maximum Gasteiger partial charge on any atom is 0.171 e. The SMILES string of the molecule is CC1CCC(C)N(c2nccc(/C(N)=N/O)c2Cl)C1. The molecule has 2 unspecified atom stereocenters. The Hall–Kier alpha value is -1.49. The van der Waals surface area contributed by atoms with E-state index in [0.29, 0.717) is 28.4 Å². The number of amidine groups is 1. The lowest BCUT2D eigenvalue weighted by Gasteiger charge is -2.38. The van der Waals surface area contributed by atoms with Gasteiger partial charge in [-0.05, 0) is 31.7 Å². The average Bonchev–Trinajstić information content (AvgIpc) is 2.41. The minimum Gasteiger partial charge on any atom is -0.409 e. The van der Waals surface area contributed by atoms with Gasteiger partial charge in [0.1, 0.15) is 5.82 Å². The van der Waals surface area contributed by atoms with E-state index < -0.39 is 0 Å². The number of rotatable bonds is 2. The predicted molar refractivity (Wildman–Crippen MR) is 77.0 cm³/mol. The van der Waals surface area contributed by atoms with Gasteiger partial charge in [-0.3, -0.25) is 0 Å². The third-order valence-electron chi connectivity index (χ3n) is 3.64. The Kier molecular flexibility index (Phi) is 4.14. The van der Waals surface area contributed by atoms with Crippen LogP contribution in [0.4, 0.5) is 5.82 Å². The highest BCUT2D eigenvalue weighted by atomic mass is 35.5. The first-order chi connectivity index (χ1) is 9.04. The highest BCUT2D eigenvalue weighted by Crippen LogP contribution is 2.32. The second kappa shape index (κ2) is 5.65. The van der Waals surface area contributed by atoms with E-state index >= 15 is 0 Å². The summed E-state index contributed by atoms with van der Waals surface area (Å²) in [7, 11) is 0. The molecule has 0 aliphatic carbocycles. The van der Waals surface area contributed by atoms with Crippen LogP contribution >= 0.6 is 11.6 Å². The van der Waals surface area contributed by atoms with Gasteiger partial charge in [-0.15, -0.1) is 0 Å². The molecule has 1 aliphatic rings. The average molecular weight is 283 g/mol. The fraction of sp³-hybridized carbons (Fsp3) is 0.538. The number of aromatic nitrogens is 1. The van der Waals surface area contributed by atoms with Crippen LogP contribution < -0.4 is 10.6 Å². The van der Waals surface area contributed by atoms with Crippen LogP contribution in [0.25, 0.3) is 0 Å². The molecule has 1 fully saturated rings.